The second-order valence-electron chi connectivity index (χ2n) is 3.71. The maximum absolute atomic E-state index is 5.90. The van der Waals surface area contributed by atoms with Gasteiger partial charge in [-0.25, -0.2) is 0 Å². The van der Waals surface area contributed by atoms with Crippen LogP contribution < -0.4 is 5.73 Å². The van der Waals surface area contributed by atoms with Crippen molar-refractivity contribution in [1.29, 1.82) is 0 Å². The second-order valence-corrected chi connectivity index (χ2v) is 3.71. The Hall–Kier alpha value is -1.75. The summed E-state index contributed by atoms with van der Waals surface area (Å²) in [7, 11) is 0. The lowest BCUT2D eigenvalue weighted by Gasteiger charge is -2.08. The van der Waals surface area contributed by atoms with E-state index in [2.05, 4.69) is 22.4 Å². The predicted molar refractivity (Wildman–Crippen MR) is 61.1 cm³/mol. The fraction of sp³-hybridized carbons (Fsp3) is 0.364. The number of nitrogens with two attached hydrogens (primary N) is 1. The van der Waals surface area contributed by atoms with Gasteiger partial charge in [0, 0.05) is 12.5 Å². The Morgan fingerprint density at radius 3 is 2.75 bits per heavy atom. The summed E-state index contributed by atoms with van der Waals surface area (Å²) < 4.78 is 1.73. The molecule has 0 saturated heterocycles. The van der Waals surface area contributed by atoms with Crippen LogP contribution in [0.4, 0.5) is 0 Å². The first-order chi connectivity index (χ1) is 7.81. The molecule has 2 aromatic rings. The summed E-state index contributed by atoms with van der Waals surface area (Å²) >= 11 is 0. The predicted octanol–water partition coefficient (Wildman–Crippen LogP) is 0.942. The van der Waals surface area contributed by atoms with Crippen LogP contribution in [0.2, 0.25) is 0 Å². The minimum absolute atomic E-state index is 0.105. The molecule has 0 aliphatic carbocycles. The maximum atomic E-state index is 5.90. The Balaban J connectivity index is 2.26. The summed E-state index contributed by atoms with van der Waals surface area (Å²) in [6.07, 6.45) is 1.61. The SMILES string of the molecule is CCC(N)Cc1nnnn1-c1ccccc1. The zero-order chi connectivity index (χ0) is 11.4. The van der Waals surface area contributed by atoms with E-state index in [1.54, 1.807) is 4.68 Å². The molecule has 0 bridgehead atoms. The molecule has 1 atom stereocenters. The number of hydrogen-bond donors (Lipinski definition) is 1. The van der Waals surface area contributed by atoms with E-state index >= 15 is 0 Å². The average molecular weight is 217 g/mol. The molecule has 1 aromatic carbocycles. The summed E-state index contributed by atoms with van der Waals surface area (Å²) in [6, 6.07) is 9.93. The van der Waals surface area contributed by atoms with E-state index in [-0.39, 0.29) is 6.04 Å². The molecule has 2 rings (SSSR count). The lowest BCUT2D eigenvalue weighted by Crippen LogP contribution is -2.23. The summed E-state index contributed by atoms with van der Waals surface area (Å²) in [5.74, 6) is 0.806. The van der Waals surface area contributed by atoms with E-state index in [1.165, 1.54) is 0 Å². The second kappa shape index (κ2) is 4.85. The number of benzene rings is 1. The minimum Gasteiger partial charge on any atom is -0.327 e. The molecule has 0 spiro atoms. The number of hydrogen-bond acceptors (Lipinski definition) is 4. The van der Waals surface area contributed by atoms with Gasteiger partial charge in [0.1, 0.15) is 0 Å². The monoisotopic (exact) mass is 217 g/mol. The molecule has 0 radical (unpaired) electrons. The van der Waals surface area contributed by atoms with Gasteiger partial charge in [-0.1, -0.05) is 25.1 Å². The topological polar surface area (TPSA) is 69.6 Å². The molecule has 0 aliphatic heterocycles. The van der Waals surface area contributed by atoms with Crippen molar-refractivity contribution in [2.45, 2.75) is 25.8 Å². The molecule has 1 unspecified atom stereocenters. The Bertz CT molecular complexity index is 437. The van der Waals surface area contributed by atoms with Crippen molar-refractivity contribution in [1.82, 2.24) is 20.2 Å². The molecule has 0 amide bonds. The lowest BCUT2D eigenvalue weighted by atomic mass is 10.1. The van der Waals surface area contributed by atoms with E-state index in [9.17, 15) is 0 Å². The number of aromatic nitrogens is 4. The van der Waals surface area contributed by atoms with E-state index in [4.69, 9.17) is 5.73 Å². The highest BCUT2D eigenvalue weighted by molar-refractivity contribution is 5.30. The Kier molecular flexibility index (Phi) is 3.26. The van der Waals surface area contributed by atoms with E-state index in [1.807, 2.05) is 30.3 Å². The van der Waals surface area contributed by atoms with Crippen LogP contribution >= 0.6 is 0 Å². The lowest BCUT2D eigenvalue weighted by molar-refractivity contribution is 0.611. The average Bonchev–Trinajstić information content (AvgIpc) is 2.78. The fourth-order valence-electron chi connectivity index (χ4n) is 1.48. The van der Waals surface area contributed by atoms with Crippen LogP contribution in [0.5, 0.6) is 0 Å². The molecule has 5 nitrogen and oxygen atoms in total. The quantitative estimate of drug-likeness (QED) is 0.827. The zero-order valence-corrected chi connectivity index (χ0v) is 9.24. The molecule has 2 N–H and O–H groups in total. The Morgan fingerprint density at radius 1 is 1.31 bits per heavy atom. The fourth-order valence-corrected chi connectivity index (χ4v) is 1.48. The van der Waals surface area contributed by atoms with Crippen molar-refractivity contribution in [3.63, 3.8) is 0 Å². The molecule has 1 heterocycles. The van der Waals surface area contributed by atoms with Crippen LogP contribution in [0.25, 0.3) is 5.69 Å². The summed E-state index contributed by atoms with van der Waals surface area (Å²) in [4.78, 5) is 0. The summed E-state index contributed by atoms with van der Waals surface area (Å²) in [5, 5.41) is 11.7. The standard InChI is InChI=1S/C11H15N5/c1-2-9(12)8-11-13-14-15-16(11)10-6-4-3-5-7-10/h3-7,9H,2,8,12H2,1H3. The first kappa shape index (κ1) is 10.8. The first-order valence-corrected chi connectivity index (χ1v) is 5.39. The highest BCUT2D eigenvalue weighted by Crippen LogP contribution is 2.08. The van der Waals surface area contributed by atoms with Crippen molar-refractivity contribution in [2.75, 3.05) is 0 Å². The van der Waals surface area contributed by atoms with Gasteiger partial charge in [-0.2, -0.15) is 4.68 Å². The summed E-state index contributed by atoms with van der Waals surface area (Å²) in [6.45, 7) is 2.06. The van der Waals surface area contributed by atoms with Crippen molar-refractivity contribution < 1.29 is 0 Å². The minimum atomic E-state index is 0.105. The molecule has 1 aromatic heterocycles. The van der Waals surface area contributed by atoms with Crippen LogP contribution in [0.1, 0.15) is 19.2 Å². The number of nitrogens with zero attached hydrogens (tertiary/aromatic N) is 4. The number of tetrazole rings is 1. The molecule has 5 heteroatoms. The van der Waals surface area contributed by atoms with Gasteiger partial charge in [-0.3, -0.25) is 0 Å². The molecular weight excluding hydrogens is 202 g/mol. The maximum Gasteiger partial charge on any atom is 0.158 e. The molecular formula is C11H15N5. The van der Waals surface area contributed by atoms with Gasteiger partial charge in [0.25, 0.3) is 0 Å². The summed E-state index contributed by atoms with van der Waals surface area (Å²) in [5.41, 5.74) is 6.87. The number of rotatable bonds is 4. The van der Waals surface area contributed by atoms with Crippen molar-refractivity contribution in [3.05, 3.63) is 36.2 Å². The number of para-hydroxylation sites is 1. The van der Waals surface area contributed by atoms with Crippen LogP contribution in [0.3, 0.4) is 0 Å². The van der Waals surface area contributed by atoms with Crippen molar-refractivity contribution >= 4 is 0 Å². The normalized spacial score (nSPS) is 12.6. The zero-order valence-electron chi connectivity index (χ0n) is 9.24. The largest absolute Gasteiger partial charge is 0.327 e. The third-order valence-electron chi connectivity index (χ3n) is 2.50. The molecule has 0 fully saturated rings. The third kappa shape index (κ3) is 2.25. The highest BCUT2D eigenvalue weighted by atomic mass is 15.5. The highest BCUT2D eigenvalue weighted by Gasteiger charge is 2.10. The van der Waals surface area contributed by atoms with Gasteiger partial charge >= 0.3 is 0 Å². The smallest absolute Gasteiger partial charge is 0.158 e. The Morgan fingerprint density at radius 2 is 2.06 bits per heavy atom. The van der Waals surface area contributed by atoms with Gasteiger partial charge in [-0.15, -0.1) is 5.10 Å². The van der Waals surface area contributed by atoms with Gasteiger partial charge in [0.2, 0.25) is 0 Å². The van der Waals surface area contributed by atoms with E-state index < -0.39 is 0 Å². The van der Waals surface area contributed by atoms with Crippen LogP contribution in [0, 0.1) is 0 Å². The van der Waals surface area contributed by atoms with E-state index in [0.29, 0.717) is 6.42 Å². The molecule has 0 saturated carbocycles. The van der Waals surface area contributed by atoms with Gasteiger partial charge in [0.05, 0.1) is 5.69 Å². The van der Waals surface area contributed by atoms with Crippen LogP contribution in [0.15, 0.2) is 30.3 Å². The first-order valence-electron chi connectivity index (χ1n) is 5.39. The molecule has 16 heavy (non-hydrogen) atoms. The Labute approximate surface area is 94.3 Å². The van der Waals surface area contributed by atoms with Crippen molar-refractivity contribution in [3.8, 4) is 5.69 Å². The third-order valence-corrected chi connectivity index (χ3v) is 2.50. The van der Waals surface area contributed by atoms with Gasteiger partial charge in [0.15, 0.2) is 5.82 Å². The molecule has 84 valence electrons. The van der Waals surface area contributed by atoms with Crippen molar-refractivity contribution in [2.24, 2.45) is 5.73 Å². The molecule has 0 aliphatic rings. The van der Waals surface area contributed by atoms with Crippen LogP contribution in [-0.2, 0) is 6.42 Å². The van der Waals surface area contributed by atoms with Gasteiger partial charge < -0.3 is 5.73 Å². The van der Waals surface area contributed by atoms with Gasteiger partial charge in [-0.05, 0) is 29.0 Å². The van der Waals surface area contributed by atoms with E-state index in [0.717, 1.165) is 17.9 Å². The van der Waals surface area contributed by atoms with Crippen LogP contribution in [-0.4, -0.2) is 26.2 Å².